The van der Waals surface area contributed by atoms with E-state index in [2.05, 4.69) is 23.6 Å². The Labute approximate surface area is 125 Å². The van der Waals surface area contributed by atoms with Crippen LogP contribution >= 0.6 is 11.8 Å². The lowest BCUT2D eigenvalue weighted by molar-refractivity contribution is 0.0948. The minimum Gasteiger partial charge on any atom is -0.385 e. The highest BCUT2D eigenvalue weighted by Crippen LogP contribution is 2.22. The van der Waals surface area contributed by atoms with E-state index in [0.29, 0.717) is 5.92 Å². The van der Waals surface area contributed by atoms with E-state index in [4.69, 9.17) is 0 Å². The molecule has 1 amide bonds. The average Bonchev–Trinajstić information content (AvgIpc) is 2.96. The highest BCUT2D eigenvalue weighted by molar-refractivity contribution is 7.99. The lowest BCUT2D eigenvalue weighted by Crippen LogP contribution is -2.29. The number of nitrogens with one attached hydrogen (secondary N) is 2. The molecule has 0 bridgehead atoms. The molecule has 1 aliphatic rings. The van der Waals surface area contributed by atoms with E-state index in [1.54, 1.807) is 0 Å². The van der Waals surface area contributed by atoms with E-state index in [0.717, 1.165) is 36.3 Å². The lowest BCUT2D eigenvalue weighted by Gasteiger charge is -2.13. The number of carbonyl (C=O) groups is 1. The normalized spacial score (nSPS) is 18.0. The Kier molecular flexibility index (Phi) is 5.77. The van der Waals surface area contributed by atoms with Gasteiger partial charge >= 0.3 is 0 Å². The van der Waals surface area contributed by atoms with Crippen molar-refractivity contribution in [1.29, 1.82) is 0 Å². The van der Waals surface area contributed by atoms with Gasteiger partial charge in [-0.1, -0.05) is 6.92 Å². The summed E-state index contributed by atoms with van der Waals surface area (Å²) < 4.78 is 0. The first-order chi connectivity index (χ1) is 9.70. The van der Waals surface area contributed by atoms with Gasteiger partial charge in [0.1, 0.15) is 0 Å². The van der Waals surface area contributed by atoms with Gasteiger partial charge in [0.05, 0.1) is 0 Å². The molecule has 2 N–H and O–H groups in total. The SMILES string of the molecule is CCCNc1ccc(C(=O)NCC2CCSC2)c(C)c1. The molecule has 2 rings (SSSR count). The van der Waals surface area contributed by atoms with Gasteiger partial charge in [0.15, 0.2) is 0 Å². The van der Waals surface area contributed by atoms with Crippen molar-refractivity contribution in [3.8, 4) is 0 Å². The van der Waals surface area contributed by atoms with E-state index in [9.17, 15) is 4.79 Å². The number of anilines is 1. The third kappa shape index (κ3) is 4.17. The van der Waals surface area contributed by atoms with Crippen molar-refractivity contribution in [3.05, 3.63) is 29.3 Å². The molecule has 0 saturated carbocycles. The molecular weight excluding hydrogens is 268 g/mol. The molecule has 1 aliphatic heterocycles. The van der Waals surface area contributed by atoms with Crippen LogP contribution in [0.25, 0.3) is 0 Å². The van der Waals surface area contributed by atoms with Crippen LogP contribution in [-0.4, -0.2) is 30.5 Å². The van der Waals surface area contributed by atoms with Crippen LogP contribution in [0.15, 0.2) is 18.2 Å². The third-order valence-electron chi connectivity index (χ3n) is 3.63. The number of benzene rings is 1. The zero-order chi connectivity index (χ0) is 14.4. The zero-order valence-electron chi connectivity index (χ0n) is 12.4. The number of carbonyl (C=O) groups excluding carboxylic acids is 1. The molecule has 1 unspecified atom stereocenters. The van der Waals surface area contributed by atoms with Crippen LogP contribution in [0.5, 0.6) is 0 Å². The summed E-state index contributed by atoms with van der Waals surface area (Å²) in [5.41, 5.74) is 2.91. The number of rotatable bonds is 6. The van der Waals surface area contributed by atoms with Gasteiger partial charge in [-0.15, -0.1) is 0 Å². The summed E-state index contributed by atoms with van der Waals surface area (Å²) in [6.45, 7) is 5.91. The molecule has 1 aromatic rings. The molecule has 3 nitrogen and oxygen atoms in total. The van der Waals surface area contributed by atoms with Gasteiger partial charge in [-0.2, -0.15) is 11.8 Å². The lowest BCUT2D eigenvalue weighted by atomic mass is 10.1. The summed E-state index contributed by atoms with van der Waals surface area (Å²) in [4.78, 5) is 12.2. The number of hydrogen-bond donors (Lipinski definition) is 2. The van der Waals surface area contributed by atoms with Crippen molar-refractivity contribution in [3.63, 3.8) is 0 Å². The zero-order valence-corrected chi connectivity index (χ0v) is 13.2. The Morgan fingerprint density at radius 2 is 2.30 bits per heavy atom. The summed E-state index contributed by atoms with van der Waals surface area (Å²) >= 11 is 1.98. The summed E-state index contributed by atoms with van der Waals surface area (Å²) in [6, 6.07) is 5.96. The predicted octanol–water partition coefficient (Wildman–Crippen LogP) is 3.30. The molecule has 1 heterocycles. The van der Waals surface area contributed by atoms with Gasteiger partial charge in [-0.05, 0) is 61.0 Å². The Balaban J connectivity index is 1.91. The molecule has 1 aromatic carbocycles. The van der Waals surface area contributed by atoms with Crippen LogP contribution in [0, 0.1) is 12.8 Å². The molecule has 0 spiro atoms. The van der Waals surface area contributed by atoms with E-state index in [1.807, 2.05) is 30.8 Å². The largest absolute Gasteiger partial charge is 0.385 e. The molecule has 1 atom stereocenters. The molecule has 20 heavy (non-hydrogen) atoms. The number of thioether (sulfide) groups is 1. The highest BCUT2D eigenvalue weighted by Gasteiger charge is 2.17. The molecule has 0 aromatic heterocycles. The van der Waals surface area contributed by atoms with Crippen LogP contribution in [0.4, 0.5) is 5.69 Å². The van der Waals surface area contributed by atoms with Crippen LogP contribution in [0.1, 0.15) is 35.7 Å². The Morgan fingerprint density at radius 3 is 2.95 bits per heavy atom. The van der Waals surface area contributed by atoms with E-state index < -0.39 is 0 Å². The number of hydrogen-bond acceptors (Lipinski definition) is 3. The summed E-state index contributed by atoms with van der Waals surface area (Å²) in [5, 5.41) is 6.42. The van der Waals surface area contributed by atoms with Gasteiger partial charge in [0, 0.05) is 24.3 Å². The fourth-order valence-corrected chi connectivity index (χ4v) is 3.66. The smallest absolute Gasteiger partial charge is 0.251 e. The molecule has 4 heteroatoms. The van der Waals surface area contributed by atoms with Crippen molar-refractivity contribution in [1.82, 2.24) is 5.32 Å². The van der Waals surface area contributed by atoms with Gasteiger partial charge < -0.3 is 10.6 Å². The van der Waals surface area contributed by atoms with Gasteiger partial charge in [0.2, 0.25) is 0 Å². The topological polar surface area (TPSA) is 41.1 Å². The fourth-order valence-electron chi connectivity index (χ4n) is 2.37. The second-order valence-corrected chi connectivity index (χ2v) is 6.55. The van der Waals surface area contributed by atoms with E-state index in [-0.39, 0.29) is 5.91 Å². The number of aryl methyl sites for hydroxylation is 1. The molecular formula is C16H24N2OS. The Morgan fingerprint density at radius 1 is 1.45 bits per heavy atom. The average molecular weight is 292 g/mol. The van der Waals surface area contributed by atoms with Crippen LogP contribution < -0.4 is 10.6 Å². The Hall–Kier alpha value is -1.16. The van der Waals surface area contributed by atoms with Crippen molar-refractivity contribution >= 4 is 23.4 Å². The Bertz CT molecular complexity index is 456. The first-order valence-electron chi connectivity index (χ1n) is 7.41. The third-order valence-corrected chi connectivity index (χ3v) is 4.86. The highest BCUT2D eigenvalue weighted by atomic mass is 32.2. The fraction of sp³-hybridized carbons (Fsp3) is 0.562. The summed E-state index contributed by atoms with van der Waals surface area (Å²) in [5.74, 6) is 3.12. The van der Waals surface area contributed by atoms with Crippen LogP contribution in [-0.2, 0) is 0 Å². The van der Waals surface area contributed by atoms with Crippen molar-refractivity contribution in [2.45, 2.75) is 26.7 Å². The molecule has 0 radical (unpaired) electrons. The maximum atomic E-state index is 12.2. The maximum absolute atomic E-state index is 12.2. The first kappa shape index (κ1) is 15.2. The quantitative estimate of drug-likeness (QED) is 0.845. The molecule has 1 saturated heterocycles. The first-order valence-corrected chi connectivity index (χ1v) is 8.56. The number of amides is 1. The maximum Gasteiger partial charge on any atom is 0.251 e. The van der Waals surface area contributed by atoms with Crippen molar-refractivity contribution in [2.75, 3.05) is 29.9 Å². The minimum atomic E-state index is 0.0569. The molecule has 1 fully saturated rings. The minimum absolute atomic E-state index is 0.0569. The van der Waals surface area contributed by atoms with Crippen molar-refractivity contribution < 1.29 is 4.79 Å². The summed E-state index contributed by atoms with van der Waals surface area (Å²) in [7, 11) is 0. The second-order valence-electron chi connectivity index (χ2n) is 5.40. The van der Waals surface area contributed by atoms with Gasteiger partial charge in [0.25, 0.3) is 5.91 Å². The van der Waals surface area contributed by atoms with Crippen LogP contribution in [0.3, 0.4) is 0 Å². The monoisotopic (exact) mass is 292 g/mol. The van der Waals surface area contributed by atoms with Crippen molar-refractivity contribution in [2.24, 2.45) is 5.92 Å². The van der Waals surface area contributed by atoms with E-state index >= 15 is 0 Å². The molecule has 0 aliphatic carbocycles. The van der Waals surface area contributed by atoms with Crippen LogP contribution in [0.2, 0.25) is 0 Å². The standard InChI is InChI=1S/C16H24N2OS/c1-3-7-17-14-4-5-15(12(2)9-14)16(19)18-10-13-6-8-20-11-13/h4-5,9,13,17H,3,6-8,10-11H2,1-2H3,(H,18,19). The predicted molar refractivity (Wildman–Crippen MR) is 87.7 cm³/mol. The molecule has 110 valence electrons. The van der Waals surface area contributed by atoms with E-state index in [1.165, 1.54) is 17.9 Å². The second kappa shape index (κ2) is 7.58. The van der Waals surface area contributed by atoms with Gasteiger partial charge in [-0.25, -0.2) is 0 Å². The summed E-state index contributed by atoms with van der Waals surface area (Å²) in [6.07, 6.45) is 2.32. The van der Waals surface area contributed by atoms with Gasteiger partial charge in [-0.3, -0.25) is 4.79 Å².